The van der Waals surface area contributed by atoms with Crippen molar-refractivity contribution in [2.45, 2.75) is 71.4 Å². The number of hydrogen-bond donors (Lipinski definition) is 0. The Bertz CT molecular complexity index is 503. The summed E-state index contributed by atoms with van der Waals surface area (Å²) < 4.78 is 17.4. The standard InChI is InChI=1S/C18H34N2O4Si/c1-17(2,3)23-16(21)20-9-10-22-13-14(12-20)15(11-19)24-25(7,8)18(4,5)6/h14-15H,9-10,12-13H2,1-8H3. The predicted octanol–water partition coefficient (Wildman–Crippen LogP) is 3.78. The molecule has 144 valence electrons. The molecule has 1 saturated heterocycles. The van der Waals surface area contributed by atoms with Crippen LogP contribution in [0.5, 0.6) is 0 Å². The lowest BCUT2D eigenvalue weighted by Gasteiger charge is -2.39. The van der Waals surface area contributed by atoms with Crippen LogP contribution < -0.4 is 0 Å². The molecule has 0 aromatic carbocycles. The molecule has 1 aliphatic rings. The van der Waals surface area contributed by atoms with Crippen molar-refractivity contribution in [3.63, 3.8) is 0 Å². The number of rotatable bonds is 3. The van der Waals surface area contributed by atoms with Crippen molar-refractivity contribution < 1.29 is 18.7 Å². The van der Waals surface area contributed by atoms with E-state index in [2.05, 4.69) is 39.9 Å². The van der Waals surface area contributed by atoms with Crippen molar-refractivity contribution >= 4 is 14.4 Å². The number of ether oxygens (including phenoxy) is 2. The molecule has 0 N–H and O–H groups in total. The number of hydrogen-bond acceptors (Lipinski definition) is 5. The monoisotopic (exact) mass is 370 g/mol. The molecule has 1 heterocycles. The van der Waals surface area contributed by atoms with Crippen LogP contribution in [0.25, 0.3) is 0 Å². The van der Waals surface area contributed by atoms with E-state index in [9.17, 15) is 10.1 Å². The lowest BCUT2D eigenvalue weighted by molar-refractivity contribution is 0.0212. The zero-order valence-corrected chi connectivity index (χ0v) is 18.0. The van der Waals surface area contributed by atoms with Gasteiger partial charge in [-0.05, 0) is 38.9 Å². The molecule has 0 aromatic rings. The molecular weight excluding hydrogens is 336 g/mol. The molecule has 2 atom stereocenters. The summed E-state index contributed by atoms with van der Waals surface area (Å²) in [6.07, 6.45) is -0.962. The van der Waals surface area contributed by atoms with Crippen molar-refractivity contribution in [3.05, 3.63) is 0 Å². The third-order valence-corrected chi connectivity index (χ3v) is 9.18. The summed E-state index contributed by atoms with van der Waals surface area (Å²) in [6.45, 7) is 17.9. The topological polar surface area (TPSA) is 71.8 Å². The van der Waals surface area contributed by atoms with E-state index in [0.717, 1.165) is 0 Å². The van der Waals surface area contributed by atoms with E-state index in [0.29, 0.717) is 26.3 Å². The van der Waals surface area contributed by atoms with Crippen LogP contribution in [0.1, 0.15) is 41.5 Å². The summed E-state index contributed by atoms with van der Waals surface area (Å²) in [5.74, 6) is -0.186. The van der Waals surface area contributed by atoms with Gasteiger partial charge < -0.3 is 18.8 Å². The van der Waals surface area contributed by atoms with E-state index in [1.807, 2.05) is 20.8 Å². The van der Waals surface area contributed by atoms with Gasteiger partial charge in [-0.1, -0.05) is 20.8 Å². The summed E-state index contributed by atoms with van der Waals surface area (Å²) in [6, 6.07) is 2.29. The molecule has 0 aromatic heterocycles. The first-order valence-corrected chi connectivity index (χ1v) is 11.8. The maximum Gasteiger partial charge on any atom is 0.410 e. The van der Waals surface area contributed by atoms with Crippen LogP contribution in [0.15, 0.2) is 0 Å². The molecule has 1 fully saturated rings. The van der Waals surface area contributed by atoms with Crippen molar-refractivity contribution in [2.24, 2.45) is 5.92 Å². The van der Waals surface area contributed by atoms with E-state index in [1.54, 1.807) is 4.90 Å². The molecule has 1 rings (SSSR count). The third kappa shape index (κ3) is 6.61. The van der Waals surface area contributed by atoms with Crippen molar-refractivity contribution in [3.8, 4) is 6.07 Å². The maximum absolute atomic E-state index is 12.4. The zero-order chi connectivity index (χ0) is 19.5. The Morgan fingerprint density at radius 2 is 1.88 bits per heavy atom. The van der Waals surface area contributed by atoms with E-state index in [4.69, 9.17) is 13.9 Å². The Hall–Kier alpha value is -1.10. The Kier molecular flexibility index (Phi) is 7.08. The van der Waals surface area contributed by atoms with Gasteiger partial charge in [0.1, 0.15) is 11.7 Å². The van der Waals surface area contributed by atoms with Gasteiger partial charge in [-0.2, -0.15) is 5.26 Å². The highest BCUT2D eigenvalue weighted by atomic mass is 28.4. The van der Waals surface area contributed by atoms with Crippen molar-refractivity contribution in [2.75, 3.05) is 26.3 Å². The highest BCUT2D eigenvalue weighted by Crippen LogP contribution is 2.38. The first kappa shape index (κ1) is 21.9. The minimum absolute atomic E-state index is 0.0124. The van der Waals surface area contributed by atoms with E-state index >= 15 is 0 Å². The number of carbonyl (C=O) groups is 1. The highest BCUT2D eigenvalue weighted by Gasteiger charge is 2.42. The molecule has 7 heteroatoms. The summed E-state index contributed by atoms with van der Waals surface area (Å²) in [7, 11) is -2.09. The minimum atomic E-state index is -2.09. The Balaban J connectivity index is 2.87. The van der Waals surface area contributed by atoms with Gasteiger partial charge in [-0.25, -0.2) is 4.79 Å². The van der Waals surface area contributed by atoms with Crippen molar-refractivity contribution in [1.82, 2.24) is 4.90 Å². The number of nitrogens with zero attached hydrogens (tertiary/aromatic N) is 2. The molecule has 0 saturated carbocycles. The van der Waals surface area contributed by atoms with Crippen LogP contribution in [-0.2, 0) is 13.9 Å². The fourth-order valence-corrected chi connectivity index (χ4v) is 3.47. The average Bonchev–Trinajstić information content (AvgIpc) is 2.67. The van der Waals surface area contributed by atoms with Crippen LogP contribution in [0.2, 0.25) is 18.1 Å². The Morgan fingerprint density at radius 3 is 2.36 bits per heavy atom. The molecule has 6 nitrogen and oxygen atoms in total. The third-order valence-electron chi connectivity index (χ3n) is 4.73. The number of carbonyl (C=O) groups excluding carboxylic acids is 1. The fourth-order valence-electron chi connectivity index (χ4n) is 2.23. The van der Waals surface area contributed by atoms with Crippen LogP contribution in [0.3, 0.4) is 0 Å². The van der Waals surface area contributed by atoms with Crippen molar-refractivity contribution in [1.29, 1.82) is 5.26 Å². The van der Waals surface area contributed by atoms with E-state index in [1.165, 1.54) is 0 Å². The number of nitriles is 1. The Morgan fingerprint density at radius 1 is 1.28 bits per heavy atom. The summed E-state index contributed by atoms with van der Waals surface area (Å²) in [5, 5.41) is 9.68. The SMILES string of the molecule is CC(C)(C)OC(=O)N1CCOCC(C(C#N)O[Si](C)(C)C(C)(C)C)C1. The van der Waals surface area contributed by atoms with Gasteiger partial charge in [-0.15, -0.1) is 0 Å². The Labute approximate surface area is 153 Å². The van der Waals surface area contributed by atoms with E-state index < -0.39 is 20.0 Å². The van der Waals surface area contributed by atoms with Gasteiger partial charge in [-0.3, -0.25) is 0 Å². The zero-order valence-electron chi connectivity index (χ0n) is 17.0. The van der Waals surface area contributed by atoms with Gasteiger partial charge in [0.25, 0.3) is 0 Å². The van der Waals surface area contributed by atoms with E-state index in [-0.39, 0.29) is 17.0 Å². The van der Waals surface area contributed by atoms with Gasteiger partial charge in [0, 0.05) is 19.0 Å². The van der Waals surface area contributed by atoms with Gasteiger partial charge in [0.15, 0.2) is 8.32 Å². The second-order valence-corrected chi connectivity index (χ2v) is 13.9. The molecule has 0 spiro atoms. The van der Waals surface area contributed by atoms with Gasteiger partial charge in [0.05, 0.1) is 19.3 Å². The summed E-state index contributed by atoms with van der Waals surface area (Å²) in [5.41, 5.74) is -0.550. The van der Waals surface area contributed by atoms with Crippen LogP contribution >= 0.6 is 0 Å². The second kappa shape index (κ2) is 8.06. The smallest absolute Gasteiger partial charge is 0.410 e. The molecule has 0 aliphatic carbocycles. The second-order valence-electron chi connectivity index (χ2n) is 9.19. The lowest BCUT2D eigenvalue weighted by Crippen LogP contribution is -2.48. The maximum atomic E-state index is 12.4. The highest BCUT2D eigenvalue weighted by molar-refractivity contribution is 6.74. The summed E-state index contributed by atoms with van der Waals surface area (Å²) >= 11 is 0. The normalized spacial score (nSPS) is 21.2. The quantitative estimate of drug-likeness (QED) is 0.707. The van der Waals surface area contributed by atoms with Crippen LogP contribution in [0, 0.1) is 17.2 Å². The average molecular weight is 371 g/mol. The van der Waals surface area contributed by atoms with Crippen LogP contribution in [-0.4, -0.2) is 57.3 Å². The molecule has 1 aliphatic heterocycles. The summed E-state index contributed by atoms with van der Waals surface area (Å²) in [4.78, 5) is 14.0. The first-order chi connectivity index (χ1) is 11.3. The lowest BCUT2D eigenvalue weighted by atomic mass is 10.0. The molecule has 25 heavy (non-hydrogen) atoms. The molecule has 0 bridgehead atoms. The number of amides is 1. The van der Waals surface area contributed by atoms with Crippen LogP contribution in [0.4, 0.5) is 4.79 Å². The predicted molar refractivity (Wildman–Crippen MR) is 99.8 cm³/mol. The largest absolute Gasteiger partial charge is 0.444 e. The van der Waals surface area contributed by atoms with Gasteiger partial charge >= 0.3 is 6.09 Å². The molecule has 1 amide bonds. The minimum Gasteiger partial charge on any atom is -0.444 e. The first-order valence-electron chi connectivity index (χ1n) is 8.90. The van der Waals surface area contributed by atoms with Gasteiger partial charge in [0.2, 0.25) is 0 Å². The molecule has 0 radical (unpaired) electrons. The molecule has 2 unspecified atom stereocenters. The fraction of sp³-hybridized carbons (Fsp3) is 0.889. The molecular formula is C18H34N2O4Si.